The summed E-state index contributed by atoms with van der Waals surface area (Å²) in [5.41, 5.74) is 7.10. The van der Waals surface area contributed by atoms with E-state index in [1.54, 1.807) is 23.1 Å². The zero-order chi connectivity index (χ0) is 11.8. The lowest BCUT2D eigenvalue weighted by Gasteiger charge is -2.09. The first-order chi connectivity index (χ1) is 7.74. The molecule has 90 valence electrons. The molecule has 0 amide bonds. The summed E-state index contributed by atoms with van der Waals surface area (Å²) in [7, 11) is 0. The van der Waals surface area contributed by atoms with Gasteiger partial charge in [0.2, 0.25) is 0 Å². The summed E-state index contributed by atoms with van der Waals surface area (Å²) in [6, 6.07) is 1.84. The standard InChI is InChI=1S/C12H19NOS2/c1-2-3-4-11(13)12(14)9-16-8-10-5-6-15-7-10/h5-7,11H,2-4,8-9,13H2,1H3/t11-/m0/s1. The van der Waals surface area contributed by atoms with E-state index >= 15 is 0 Å². The first-order valence-electron chi connectivity index (χ1n) is 5.61. The molecule has 1 heterocycles. The Hall–Kier alpha value is -0.320. The Morgan fingerprint density at radius 2 is 2.44 bits per heavy atom. The van der Waals surface area contributed by atoms with E-state index in [-0.39, 0.29) is 11.8 Å². The van der Waals surface area contributed by atoms with Gasteiger partial charge in [-0.1, -0.05) is 19.8 Å². The number of carbonyl (C=O) groups is 1. The fraction of sp³-hybridized carbons (Fsp3) is 0.583. The van der Waals surface area contributed by atoms with Crippen LogP contribution in [0.2, 0.25) is 0 Å². The molecule has 1 aromatic rings. The quantitative estimate of drug-likeness (QED) is 0.778. The Morgan fingerprint density at radius 1 is 1.62 bits per heavy atom. The van der Waals surface area contributed by atoms with Crippen LogP contribution in [0.4, 0.5) is 0 Å². The molecule has 0 spiro atoms. The first-order valence-corrected chi connectivity index (χ1v) is 7.71. The highest BCUT2D eigenvalue weighted by Gasteiger charge is 2.12. The number of hydrogen-bond donors (Lipinski definition) is 1. The molecule has 0 bridgehead atoms. The Balaban J connectivity index is 2.14. The Bertz CT molecular complexity index is 298. The summed E-state index contributed by atoms with van der Waals surface area (Å²) in [6.45, 7) is 2.11. The number of ketones is 1. The molecule has 16 heavy (non-hydrogen) atoms. The lowest BCUT2D eigenvalue weighted by molar-refractivity contribution is -0.117. The van der Waals surface area contributed by atoms with E-state index in [4.69, 9.17) is 5.73 Å². The summed E-state index contributed by atoms with van der Waals surface area (Å²) in [6.07, 6.45) is 2.97. The number of Topliss-reactive ketones (excluding diaryl/α,β-unsaturated/α-hetero) is 1. The molecule has 2 N–H and O–H groups in total. The molecule has 0 aromatic carbocycles. The van der Waals surface area contributed by atoms with Gasteiger partial charge in [0.25, 0.3) is 0 Å². The topological polar surface area (TPSA) is 43.1 Å². The van der Waals surface area contributed by atoms with E-state index in [9.17, 15) is 4.79 Å². The van der Waals surface area contributed by atoms with Crippen LogP contribution in [0.25, 0.3) is 0 Å². The number of rotatable bonds is 8. The average Bonchev–Trinajstić information content (AvgIpc) is 2.78. The van der Waals surface area contributed by atoms with Crippen molar-refractivity contribution in [3.8, 4) is 0 Å². The van der Waals surface area contributed by atoms with Crippen molar-refractivity contribution in [1.29, 1.82) is 0 Å². The molecule has 0 saturated heterocycles. The molecule has 4 heteroatoms. The van der Waals surface area contributed by atoms with Crippen molar-refractivity contribution in [3.63, 3.8) is 0 Å². The van der Waals surface area contributed by atoms with Crippen LogP contribution >= 0.6 is 23.1 Å². The number of hydrogen-bond acceptors (Lipinski definition) is 4. The van der Waals surface area contributed by atoms with Crippen LogP contribution in [0, 0.1) is 0 Å². The van der Waals surface area contributed by atoms with Crippen molar-refractivity contribution in [2.75, 3.05) is 5.75 Å². The van der Waals surface area contributed by atoms with Crippen LogP contribution in [0.5, 0.6) is 0 Å². The fourth-order valence-electron chi connectivity index (χ4n) is 1.34. The van der Waals surface area contributed by atoms with E-state index in [0.717, 1.165) is 25.0 Å². The van der Waals surface area contributed by atoms with Crippen LogP contribution in [-0.2, 0) is 10.5 Å². The lowest BCUT2D eigenvalue weighted by Crippen LogP contribution is -2.31. The van der Waals surface area contributed by atoms with Gasteiger partial charge in [0.05, 0.1) is 11.8 Å². The largest absolute Gasteiger partial charge is 0.321 e. The van der Waals surface area contributed by atoms with Crippen molar-refractivity contribution >= 4 is 28.9 Å². The third kappa shape index (κ3) is 5.14. The fourth-order valence-corrected chi connectivity index (χ4v) is 3.04. The summed E-state index contributed by atoms with van der Waals surface area (Å²) < 4.78 is 0. The number of thiophene rings is 1. The predicted octanol–water partition coefficient (Wildman–Crippen LogP) is 3.07. The van der Waals surface area contributed by atoms with Gasteiger partial charge in [-0.2, -0.15) is 11.3 Å². The number of nitrogens with two attached hydrogens (primary N) is 1. The zero-order valence-electron chi connectivity index (χ0n) is 9.65. The SMILES string of the molecule is CCCC[C@H](N)C(=O)CSCc1ccsc1. The van der Waals surface area contributed by atoms with E-state index in [1.807, 2.05) is 0 Å². The molecule has 0 saturated carbocycles. The third-order valence-corrected chi connectivity index (χ3v) is 4.13. The highest BCUT2D eigenvalue weighted by atomic mass is 32.2. The highest BCUT2D eigenvalue weighted by molar-refractivity contribution is 7.99. The summed E-state index contributed by atoms with van der Waals surface area (Å²) in [4.78, 5) is 11.6. The molecule has 0 unspecified atom stereocenters. The molecule has 0 radical (unpaired) electrons. The van der Waals surface area contributed by atoms with Gasteiger partial charge in [-0.05, 0) is 28.8 Å². The average molecular weight is 257 g/mol. The minimum atomic E-state index is -0.255. The second-order valence-electron chi connectivity index (χ2n) is 3.84. The number of carbonyl (C=O) groups excluding carboxylic acids is 1. The molecule has 2 nitrogen and oxygen atoms in total. The van der Waals surface area contributed by atoms with E-state index < -0.39 is 0 Å². The maximum atomic E-state index is 11.6. The molecule has 1 atom stereocenters. The van der Waals surface area contributed by atoms with Gasteiger partial charge in [0, 0.05) is 5.75 Å². The Labute approximate surface area is 106 Å². The van der Waals surface area contributed by atoms with Gasteiger partial charge in [0.1, 0.15) is 0 Å². The van der Waals surface area contributed by atoms with Crippen LogP contribution < -0.4 is 5.73 Å². The van der Waals surface area contributed by atoms with Gasteiger partial charge in [0.15, 0.2) is 5.78 Å². The van der Waals surface area contributed by atoms with Crippen molar-refractivity contribution < 1.29 is 4.79 Å². The van der Waals surface area contributed by atoms with E-state index in [1.165, 1.54) is 5.56 Å². The maximum absolute atomic E-state index is 11.6. The van der Waals surface area contributed by atoms with Crippen LogP contribution in [0.3, 0.4) is 0 Å². The summed E-state index contributed by atoms with van der Waals surface area (Å²) in [5, 5.41) is 4.18. The van der Waals surface area contributed by atoms with E-state index in [0.29, 0.717) is 5.75 Å². The molecule has 1 rings (SSSR count). The van der Waals surface area contributed by atoms with E-state index in [2.05, 4.69) is 23.8 Å². The first kappa shape index (κ1) is 13.7. The van der Waals surface area contributed by atoms with Crippen molar-refractivity contribution in [2.24, 2.45) is 5.73 Å². The monoisotopic (exact) mass is 257 g/mol. The van der Waals surface area contributed by atoms with Crippen LogP contribution in [0.1, 0.15) is 31.7 Å². The number of unbranched alkanes of at least 4 members (excludes halogenated alkanes) is 1. The maximum Gasteiger partial charge on any atom is 0.159 e. The van der Waals surface area contributed by atoms with Crippen molar-refractivity contribution in [2.45, 2.75) is 38.0 Å². The van der Waals surface area contributed by atoms with Gasteiger partial charge in [-0.15, -0.1) is 11.8 Å². The van der Waals surface area contributed by atoms with Gasteiger partial charge >= 0.3 is 0 Å². The Morgan fingerprint density at radius 3 is 3.06 bits per heavy atom. The minimum Gasteiger partial charge on any atom is -0.321 e. The molecule has 0 fully saturated rings. The smallest absolute Gasteiger partial charge is 0.159 e. The molecule has 0 aliphatic heterocycles. The zero-order valence-corrected chi connectivity index (χ0v) is 11.3. The summed E-state index contributed by atoms with van der Waals surface area (Å²) in [5.74, 6) is 1.64. The molecule has 0 aliphatic rings. The van der Waals surface area contributed by atoms with Gasteiger partial charge in [-0.25, -0.2) is 0 Å². The molecular formula is C12H19NOS2. The molecule has 1 aromatic heterocycles. The second-order valence-corrected chi connectivity index (χ2v) is 5.61. The van der Waals surface area contributed by atoms with Crippen LogP contribution in [-0.4, -0.2) is 17.6 Å². The van der Waals surface area contributed by atoms with Crippen LogP contribution in [0.15, 0.2) is 16.8 Å². The molecular weight excluding hydrogens is 238 g/mol. The third-order valence-electron chi connectivity index (χ3n) is 2.38. The number of thioether (sulfide) groups is 1. The van der Waals surface area contributed by atoms with Crippen molar-refractivity contribution in [3.05, 3.63) is 22.4 Å². The summed E-state index contributed by atoms with van der Waals surface area (Å²) >= 11 is 3.35. The second kappa shape index (κ2) is 7.87. The Kier molecular flexibility index (Phi) is 6.76. The molecule has 0 aliphatic carbocycles. The van der Waals surface area contributed by atoms with Gasteiger partial charge in [-0.3, -0.25) is 4.79 Å². The predicted molar refractivity (Wildman–Crippen MR) is 73.0 cm³/mol. The minimum absolute atomic E-state index is 0.189. The normalized spacial score (nSPS) is 12.6. The van der Waals surface area contributed by atoms with Crippen molar-refractivity contribution in [1.82, 2.24) is 0 Å². The highest BCUT2D eigenvalue weighted by Crippen LogP contribution is 2.15. The van der Waals surface area contributed by atoms with Gasteiger partial charge < -0.3 is 5.73 Å². The lowest BCUT2D eigenvalue weighted by atomic mass is 10.1.